The SMILES string of the molecule is CC(=O)O[C@@H]1CC[C@@]2(C)[C@@H](CC[C@@H]3[C@@H]2CC[C@]2(C)[C@@H](c4ccc(=O)oc4)[C@@H](OC(C)=O)C[C@@]32O)C1. The molecular weight excluding hydrogens is 448 g/mol. The van der Waals surface area contributed by atoms with E-state index in [1.807, 2.05) is 0 Å². The van der Waals surface area contributed by atoms with E-state index < -0.39 is 22.7 Å². The van der Waals surface area contributed by atoms with Gasteiger partial charge in [-0.15, -0.1) is 0 Å². The van der Waals surface area contributed by atoms with Crippen LogP contribution in [-0.4, -0.2) is 34.9 Å². The van der Waals surface area contributed by atoms with Gasteiger partial charge < -0.3 is 19.0 Å². The van der Waals surface area contributed by atoms with Gasteiger partial charge in [-0.1, -0.05) is 13.8 Å². The van der Waals surface area contributed by atoms with Gasteiger partial charge in [0.1, 0.15) is 12.2 Å². The van der Waals surface area contributed by atoms with E-state index in [9.17, 15) is 19.5 Å². The molecule has 1 heterocycles. The number of carbonyl (C=O) groups excluding carboxylic acids is 2. The van der Waals surface area contributed by atoms with E-state index in [-0.39, 0.29) is 35.3 Å². The molecule has 1 aromatic heterocycles. The van der Waals surface area contributed by atoms with E-state index in [1.54, 1.807) is 6.07 Å². The molecule has 4 saturated carbocycles. The summed E-state index contributed by atoms with van der Waals surface area (Å²) in [4.78, 5) is 35.2. The standard InChI is InChI=1S/C28H38O7/c1-16(29)34-20-9-11-26(3)19(13-20)6-7-22-21(26)10-12-27(4)25(18-5-8-24(31)33-15-18)23(35-17(2)30)14-28(22,27)32/h5,8,15,19-23,25,32H,6-7,9-14H2,1-4H3/t19-,20+,21-,22+,23-,25-,26-,27+,28+/m0/s1. The van der Waals surface area contributed by atoms with E-state index in [0.29, 0.717) is 18.3 Å². The number of fused-ring (bicyclic) bond motifs is 5. The summed E-state index contributed by atoms with van der Waals surface area (Å²) in [5.74, 6) is 0.126. The van der Waals surface area contributed by atoms with E-state index >= 15 is 0 Å². The normalized spacial score (nSPS) is 44.5. The number of ether oxygens (including phenoxy) is 2. The average Bonchev–Trinajstić information content (AvgIpc) is 3.00. The van der Waals surface area contributed by atoms with Crippen LogP contribution in [0.15, 0.2) is 27.6 Å². The van der Waals surface area contributed by atoms with Gasteiger partial charge in [-0.3, -0.25) is 9.59 Å². The van der Waals surface area contributed by atoms with Gasteiger partial charge >= 0.3 is 17.6 Å². The Bertz CT molecular complexity index is 1040. The number of carbonyl (C=O) groups is 2. The van der Waals surface area contributed by atoms with Crippen molar-refractivity contribution in [2.24, 2.45) is 28.6 Å². The number of rotatable bonds is 3. The minimum Gasteiger partial charge on any atom is -0.463 e. The highest BCUT2D eigenvalue weighted by molar-refractivity contribution is 5.66. The van der Waals surface area contributed by atoms with Crippen molar-refractivity contribution in [2.45, 2.75) is 103 Å². The summed E-state index contributed by atoms with van der Waals surface area (Å²) in [6.45, 7) is 7.41. The summed E-state index contributed by atoms with van der Waals surface area (Å²) in [5, 5.41) is 12.6. The minimum atomic E-state index is -0.989. The Morgan fingerprint density at radius 1 is 1.00 bits per heavy atom. The zero-order chi connectivity index (χ0) is 25.2. The van der Waals surface area contributed by atoms with Gasteiger partial charge in [0, 0.05) is 37.7 Å². The topological polar surface area (TPSA) is 103 Å². The van der Waals surface area contributed by atoms with Crippen molar-refractivity contribution in [3.05, 3.63) is 34.4 Å². The predicted octanol–water partition coefficient (Wildman–Crippen LogP) is 4.35. The molecule has 1 aromatic rings. The molecule has 4 aliphatic rings. The molecule has 0 aromatic carbocycles. The molecule has 0 bridgehead atoms. The van der Waals surface area contributed by atoms with Crippen molar-refractivity contribution in [3.63, 3.8) is 0 Å². The molecule has 0 spiro atoms. The van der Waals surface area contributed by atoms with Crippen molar-refractivity contribution in [1.29, 1.82) is 0 Å². The van der Waals surface area contributed by atoms with Crippen LogP contribution in [0, 0.1) is 28.6 Å². The molecule has 4 aliphatic carbocycles. The van der Waals surface area contributed by atoms with Crippen molar-refractivity contribution < 1.29 is 28.6 Å². The van der Waals surface area contributed by atoms with E-state index in [0.717, 1.165) is 50.5 Å². The quantitative estimate of drug-likeness (QED) is 0.634. The van der Waals surface area contributed by atoms with E-state index in [2.05, 4.69) is 13.8 Å². The molecular formula is C28H38O7. The van der Waals surface area contributed by atoms with Gasteiger partial charge in [0.15, 0.2) is 0 Å². The Balaban J connectivity index is 1.48. The van der Waals surface area contributed by atoms with Crippen LogP contribution in [0.3, 0.4) is 0 Å². The van der Waals surface area contributed by atoms with Crippen LogP contribution < -0.4 is 5.63 Å². The first-order valence-corrected chi connectivity index (χ1v) is 13.1. The highest BCUT2D eigenvalue weighted by atomic mass is 16.5. The molecule has 0 radical (unpaired) electrons. The average molecular weight is 487 g/mol. The Labute approximate surface area is 206 Å². The molecule has 192 valence electrons. The largest absolute Gasteiger partial charge is 0.463 e. The fourth-order valence-electron chi connectivity index (χ4n) is 8.99. The lowest BCUT2D eigenvalue weighted by Gasteiger charge is -2.63. The van der Waals surface area contributed by atoms with Crippen molar-refractivity contribution in [1.82, 2.24) is 0 Å². The lowest BCUT2D eigenvalue weighted by Crippen LogP contribution is -2.62. The lowest BCUT2D eigenvalue weighted by molar-refractivity contribution is -0.207. The highest BCUT2D eigenvalue weighted by Gasteiger charge is 2.70. The van der Waals surface area contributed by atoms with Gasteiger partial charge in [-0.2, -0.15) is 0 Å². The Hall–Kier alpha value is -2.15. The number of aliphatic hydroxyl groups is 1. The lowest BCUT2D eigenvalue weighted by atomic mass is 9.43. The molecule has 9 atom stereocenters. The molecule has 0 aliphatic heterocycles. The predicted molar refractivity (Wildman–Crippen MR) is 127 cm³/mol. The Morgan fingerprint density at radius 2 is 1.74 bits per heavy atom. The number of esters is 2. The maximum absolute atomic E-state index is 12.6. The summed E-state index contributed by atoms with van der Waals surface area (Å²) in [7, 11) is 0. The first-order chi connectivity index (χ1) is 16.5. The zero-order valence-electron chi connectivity index (χ0n) is 21.2. The van der Waals surface area contributed by atoms with Crippen molar-refractivity contribution >= 4 is 11.9 Å². The van der Waals surface area contributed by atoms with Crippen molar-refractivity contribution in [3.8, 4) is 0 Å². The molecule has 4 fully saturated rings. The summed E-state index contributed by atoms with van der Waals surface area (Å²) in [6.07, 6.45) is 7.86. The molecule has 7 heteroatoms. The third-order valence-corrected chi connectivity index (χ3v) is 10.5. The second kappa shape index (κ2) is 8.46. The summed E-state index contributed by atoms with van der Waals surface area (Å²) >= 11 is 0. The molecule has 0 saturated heterocycles. The maximum atomic E-state index is 12.6. The Morgan fingerprint density at radius 3 is 2.40 bits per heavy atom. The van der Waals surface area contributed by atoms with Gasteiger partial charge in [-0.05, 0) is 79.7 Å². The first kappa shape index (κ1) is 24.5. The van der Waals surface area contributed by atoms with Gasteiger partial charge in [-0.25, -0.2) is 4.79 Å². The fraction of sp³-hybridized carbons (Fsp3) is 0.750. The van der Waals surface area contributed by atoms with Crippen LogP contribution in [0.1, 0.15) is 90.5 Å². The van der Waals surface area contributed by atoms with Crippen LogP contribution in [0.25, 0.3) is 0 Å². The number of hydrogen-bond acceptors (Lipinski definition) is 7. The van der Waals surface area contributed by atoms with Crippen LogP contribution in [0.2, 0.25) is 0 Å². The molecule has 0 unspecified atom stereocenters. The van der Waals surface area contributed by atoms with Gasteiger partial charge in [0.2, 0.25) is 0 Å². The Kier molecular flexibility index (Phi) is 5.93. The molecule has 7 nitrogen and oxygen atoms in total. The van der Waals surface area contributed by atoms with Crippen LogP contribution >= 0.6 is 0 Å². The third-order valence-electron chi connectivity index (χ3n) is 10.5. The smallest absolute Gasteiger partial charge is 0.335 e. The van der Waals surface area contributed by atoms with Crippen LogP contribution in [0.5, 0.6) is 0 Å². The summed E-state index contributed by atoms with van der Waals surface area (Å²) in [6, 6.07) is 3.16. The third kappa shape index (κ3) is 3.76. The fourth-order valence-corrected chi connectivity index (χ4v) is 8.99. The van der Waals surface area contributed by atoms with Gasteiger partial charge in [0.25, 0.3) is 0 Å². The molecule has 35 heavy (non-hydrogen) atoms. The van der Waals surface area contributed by atoms with Gasteiger partial charge in [0.05, 0.1) is 11.9 Å². The first-order valence-electron chi connectivity index (χ1n) is 13.1. The number of hydrogen-bond donors (Lipinski definition) is 1. The molecule has 5 rings (SSSR count). The van der Waals surface area contributed by atoms with E-state index in [1.165, 1.54) is 26.2 Å². The summed E-state index contributed by atoms with van der Waals surface area (Å²) < 4.78 is 16.6. The second-order valence-corrected chi connectivity index (χ2v) is 12.1. The highest BCUT2D eigenvalue weighted by Crippen LogP contribution is 2.71. The monoisotopic (exact) mass is 486 g/mol. The van der Waals surface area contributed by atoms with Crippen LogP contribution in [-0.2, 0) is 19.1 Å². The second-order valence-electron chi connectivity index (χ2n) is 12.1. The van der Waals surface area contributed by atoms with Crippen LogP contribution in [0.4, 0.5) is 0 Å². The molecule has 1 N–H and O–H groups in total. The molecule has 0 amide bonds. The van der Waals surface area contributed by atoms with E-state index in [4.69, 9.17) is 13.9 Å². The zero-order valence-corrected chi connectivity index (χ0v) is 21.2. The van der Waals surface area contributed by atoms with Crippen molar-refractivity contribution in [2.75, 3.05) is 0 Å². The minimum absolute atomic E-state index is 0.00369. The maximum Gasteiger partial charge on any atom is 0.335 e. The summed E-state index contributed by atoms with van der Waals surface area (Å²) in [5.41, 5.74) is -1.03.